The molecule has 142 valence electrons. The molecule has 1 fully saturated rings. The van der Waals surface area contributed by atoms with Crippen molar-refractivity contribution in [2.75, 3.05) is 40.1 Å². The maximum atomic E-state index is 12.8. The Morgan fingerprint density at radius 2 is 1.81 bits per heavy atom. The molecule has 2 aliphatic rings. The molecule has 0 unspecified atom stereocenters. The number of carbonyl (C=O) groups excluding carboxylic acids is 1. The number of piperazine rings is 1. The van der Waals surface area contributed by atoms with E-state index in [2.05, 4.69) is 24.0 Å². The fourth-order valence-corrected chi connectivity index (χ4v) is 3.62. The number of aryl methyl sites for hydroxylation is 1. The van der Waals surface area contributed by atoms with Crippen LogP contribution in [0, 0.1) is 6.92 Å². The van der Waals surface area contributed by atoms with Gasteiger partial charge in [0.2, 0.25) is 6.79 Å². The average molecular weight is 368 g/mol. The summed E-state index contributed by atoms with van der Waals surface area (Å²) in [6.07, 6.45) is 0. The lowest BCUT2D eigenvalue weighted by molar-refractivity contribution is 0.0628. The van der Waals surface area contributed by atoms with Crippen LogP contribution in [0.15, 0.2) is 36.4 Å². The van der Waals surface area contributed by atoms with Gasteiger partial charge in [0, 0.05) is 38.3 Å². The van der Waals surface area contributed by atoms with E-state index in [0.717, 1.165) is 44.0 Å². The van der Waals surface area contributed by atoms with Gasteiger partial charge >= 0.3 is 0 Å². The normalized spacial score (nSPS) is 16.4. The largest absolute Gasteiger partial charge is 0.496 e. The molecular weight excluding hydrogens is 344 g/mol. The molecule has 0 N–H and O–H groups in total. The number of fused-ring (bicyclic) bond motifs is 1. The SMILES string of the molecule is COc1ccc(CN2CCN(C(=O)c3ccc4c(c3)OCO4)CC2)cc1C. The molecule has 0 aromatic heterocycles. The summed E-state index contributed by atoms with van der Waals surface area (Å²) in [6.45, 7) is 6.34. The van der Waals surface area contributed by atoms with E-state index >= 15 is 0 Å². The van der Waals surface area contributed by atoms with Crippen molar-refractivity contribution in [2.24, 2.45) is 0 Å². The van der Waals surface area contributed by atoms with Crippen molar-refractivity contribution in [3.8, 4) is 17.2 Å². The second-order valence-corrected chi connectivity index (χ2v) is 6.94. The number of rotatable bonds is 4. The van der Waals surface area contributed by atoms with Gasteiger partial charge in [-0.05, 0) is 42.3 Å². The van der Waals surface area contributed by atoms with Gasteiger partial charge in [0.25, 0.3) is 5.91 Å². The van der Waals surface area contributed by atoms with E-state index < -0.39 is 0 Å². The molecule has 0 aliphatic carbocycles. The highest BCUT2D eigenvalue weighted by molar-refractivity contribution is 5.95. The van der Waals surface area contributed by atoms with E-state index in [1.54, 1.807) is 19.2 Å². The van der Waals surface area contributed by atoms with Crippen LogP contribution >= 0.6 is 0 Å². The summed E-state index contributed by atoms with van der Waals surface area (Å²) in [6, 6.07) is 11.7. The van der Waals surface area contributed by atoms with Gasteiger partial charge in [-0.25, -0.2) is 0 Å². The van der Waals surface area contributed by atoms with Gasteiger partial charge in [-0.15, -0.1) is 0 Å². The van der Waals surface area contributed by atoms with Crippen LogP contribution in [0.25, 0.3) is 0 Å². The molecule has 6 nitrogen and oxygen atoms in total. The van der Waals surface area contributed by atoms with Crippen molar-refractivity contribution >= 4 is 5.91 Å². The van der Waals surface area contributed by atoms with Crippen molar-refractivity contribution in [1.29, 1.82) is 0 Å². The molecule has 0 saturated carbocycles. The number of hydrogen-bond donors (Lipinski definition) is 0. The van der Waals surface area contributed by atoms with Crippen molar-refractivity contribution in [1.82, 2.24) is 9.80 Å². The van der Waals surface area contributed by atoms with E-state index in [-0.39, 0.29) is 12.7 Å². The minimum Gasteiger partial charge on any atom is -0.496 e. The van der Waals surface area contributed by atoms with E-state index in [9.17, 15) is 4.79 Å². The highest BCUT2D eigenvalue weighted by Gasteiger charge is 2.24. The van der Waals surface area contributed by atoms with E-state index in [0.29, 0.717) is 17.1 Å². The molecule has 27 heavy (non-hydrogen) atoms. The molecular formula is C21H24N2O4. The second kappa shape index (κ2) is 7.48. The first kappa shape index (κ1) is 17.7. The molecule has 0 bridgehead atoms. The van der Waals surface area contributed by atoms with Gasteiger partial charge in [0.1, 0.15) is 5.75 Å². The van der Waals surface area contributed by atoms with Crippen LogP contribution in [0.1, 0.15) is 21.5 Å². The first-order valence-electron chi connectivity index (χ1n) is 9.19. The number of methoxy groups -OCH3 is 1. The third-order valence-corrected chi connectivity index (χ3v) is 5.14. The fourth-order valence-electron chi connectivity index (χ4n) is 3.62. The summed E-state index contributed by atoms with van der Waals surface area (Å²) in [5.41, 5.74) is 3.06. The smallest absolute Gasteiger partial charge is 0.254 e. The predicted octanol–water partition coefficient (Wildman–Crippen LogP) is 2.69. The monoisotopic (exact) mass is 368 g/mol. The van der Waals surface area contributed by atoms with Gasteiger partial charge < -0.3 is 19.1 Å². The zero-order valence-corrected chi connectivity index (χ0v) is 15.7. The number of hydrogen-bond acceptors (Lipinski definition) is 5. The minimum absolute atomic E-state index is 0.0493. The highest BCUT2D eigenvalue weighted by atomic mass is 16.7. The predicted molar refractivity (Wildman–Crippen MR) is 101 cm³/mol. The lowest BCUT2D eigenvalue weighted by Gasteiger charge is -2.35. The Morgan fingerprint density at radius 1 is 1.04 bits per heavy atom. The van der Waals surface area contributed by atoms with E-state index in [4.69, 9.17) is 14.2 Å². The number of nitrogens with zero attached hydrogens (tertiary/aromatic N) is 2. The number of ether oxygens (including phenoxy) is 3. The first-order chi connectivity index (χ1) is 13.1. The standard InChI is InChI=1S/C21H24N2O4/c1-15-11-16(3-5-18(15)25-2)13-22-7-9-23(10-8-22)21(24)17-4-6-19-20(12-17)27-14-26-19/h3-6,11-12H,7-10,13-14H2,1-2H3. The van der Waals surface area contributed by atoms with Crippen molar-refractivity contribution in [2.45, 2.75) is 13.5 Å². The third-order valence-electron chi connectivity index (χ3n) is 5.14. The third kappa shape index (κ3) is 3.71. The highest BCUT2D eigenvalue weighted by Crippen LogP contribution is 2.33. The van der Waals surface area contributed by atoms with Crippen molar-refractivity contribution in [3.05, 3.63) is 53.1 Å². The zero-order chi connectivity index (χ0) is 18.8. The van der Waals surface area contributed by atoms with Crippen molar-refractivity contribution in [3.63, 3.8) is 0 Å². The lowest BCUT2D eigenvalue weighted by atomic mass is 10.1. The molecule has 0 atom stereocenters. The number of carbonyl (C=O) groups is 1. The number of benzene rings is 2. The summed E-state index contributed by atoms with van der Waals surface area (Å²) in [5, 5.41) is 0. The average Bonchev–Trinajstić information content (AvgIpc) is 3.16. The molecule has 2 heterocycles. The van der Waals surface area contributed by atoms with Gasteiger partial charge in [0.05, 0.1) is 7.11 Å². The van der Waals surface area contributed by atoms with Crippen LogP contribution in [0.5, 0.6) is 17.2 Å². The van der Waals surface area contributed by atoms with Gasteiger partial charge in [0.15, 0.2) is 11.5 Å². The van der Waals surface area contributed by atoms with Crippen LogP contribution in [0.2, 0.25) is 0 Å². The molecule has 2 aromatic carbocycles. The van der Waals surface area contributed by atoms with Gasteiger partial charge in [-0.3, -0.25) is 9.69 Å². The Morgan fingerprint density at radius 3 is 2.56 bits per heavy atom. The Balaban J connectivity index is 1.34. The molecule has 1 amide bonds. The molecule has 2 aromatic rings. The summed E-state index contributed by atoms with van der Waals surface area (Å²) in [7, 11) is 1.69. The molecule has 4 rings (SSSR count). The maximum absolute atomic E-state index is 12.8. The van der Waals surface area contributed by atoms with Crippen molar-refractivity contribution < 1.29 is 19.0 Å². The Bertz CT molecular complexity index is 844. The topological polar surface area (TPSA) is 51.2 Å². The summed E-state index contributed by atoms with van der Waals surface area (Å²) < 4.78 is 16.0. The zero-order valence-electron chi connectivity index (χ0n) is 15.7. The van der Waals surface area contributed by atoms with Crippen LogP contribution in [0.4, 0.5) is 0 Å². The second-order valence-electron chi connectivity index (χ2n) is 6.94. The molecule has 1 saturated heterocycles. The van der Waals surface area contributed by atoms with Crippen LogP contribution in [-0.2, 0) is 6.54 Å². The van der Waals surface area contributed by atoms with Gasteiger partial charge in [-0.1, -0.05) is 12.1 Å². The fraction of sp³-hybridized carbons (Fsp3) is 0.381. The molecule has 6 heteroatoms. The number of amides is 1. The van der Waals surface area contributed by atoms with Gasteiger partial charge in [-0.2, -0.15) is 0 Å². The van der Waals surface area contributed by atoms with Crippen LogP contribution in [-0.4, -0.2) is 55.8 Å². The van der Waals surface area contributed by atoms with Crippen LogP contribution < -0.4 is 14.2 Å². The Hall–Kier alpha value is -2.73. The summed E-state index contributed by atoms with van der Waals surface area (Å²) >= 11 is 0. The quantitative estimate of drug-likeness (QED) is 0.831. The maximum Gasteiger partial charge on any atom is 0.254 e. The molecule has 0 spiro atoms. The van der Waals surface area contributed by atoms with Crippen LogP contribution in [0.3, 0.4) is 0 Å². The first-order valence-corrected chi connectivity index (χ1v) is 9.19. The minimum atomic E-state index is 0.0493. The molecule has 0 radical (unpaired) electrons. The van der Waals surface area contributed by atoms with E-state index in [1.165, 1.54) is 5.56 Å². The summed E-state index contributed by atoms with van der Waals surface area (Å²) in [4.78, 5) is 17.1. The molecule has 2 aliphatic heterocycles. The Labute approximate surface area is 159 Å². The summed E-state index contributed by atoms with van der Waals surface area (Å²) in [5.74, 6) is 2.31. The Kier molecular flexibility index (Phi) is 4.90. The lowest BCUT2D eigenvalue weighted by Crippen LogP contribution is -2.48. The van der Waals surface area contributed by atoms with E-state index in [1.807, 2.05) is 17.0 Å².